The molecular formula is C19H18ClN3O4S2. The highest BCUT2D eigenvalue weighted by Gasteiger charge is 2.42. The van der Waals surface area contributed by atoms with Gasteiger partial charge in [0.05, 0.1) is 29.7 Å². The van der Waals surface area contributed by atoms with Gasteiger partial charge in [0.1, 0.15) is 5.75 Å². The van der Waals surface area contributed by atoms with Gasteiger partial charge < -0.3 is 15.4 Å². The van der Waals surface area contributed by atoms with Crippen molar-refractivity contribution in [3.8, 4) is 5.75 Å². The fraction of sp³-hybridized carbons (Fsp3) is 0.263. The quantitative estimate of drug-likeness (QED) is 0.740. The normalized spacial score (nSPS) is 21.9. The van der Waals surface area contributed by atoms with E-state index in [1.165, 1.54) is 18.9 Å². The van der Waals surface area contributed by atoms with E-state index in [9.17, 15) is 13.2 Å². The van der Waals surface area contributed by atoms with Gasteiger partial charge in [-0.15, -0.1) is 0 Å². The third-order valence-corrected chi connectivity index (χ3v) is 8.04. The standard InChI is InChI=1S/C19H18ClN3O4S2/c1-27-16-6-5-13(8-14(16)20)21-18(24)11-3-2-4-12(7-11)22-19-23-15-9-29(25,26)10-17(15)28-19/h2-8,15,17H,9-10H2,1H3,(H,21,24)(H,22,23)/t15-,17+/m1/s1. The summed E-state index contributed by atoms with van der Waals surface area (Å²) in [4.78, 5) is 17.1. The van der Waals surface area contributed by atoms with Crippen LogP contribution in [0.1, 0.15) is 10.4 Å². The molecule has 0 spiro atoms. The van der Waals surface area contributed by atoms with Crippen LogP contribution in [0.25, 0.3) is 0 Å². The van der Waals surface area contributed by atoms with Crippen molar-refractivity contribution in [1.82, 2.24) is 0 Å². The van der Waals surface area contributed by atoms with Gasteiger partial charge in [-0.2, -0.15) is 0 Å². The Kier molecular flexibility index (Phi) is 5.46. The minimum atomic E-state index is -2.98. The van der Waals surface area contributed by atoms with Crippen LogP contribution < -0.4 is 15.4 Å². The van der Waals surface area contributed by atoms with Gasteiger partial charge in [0.15, 0.2) is 15.0 Å². The predicted molar refractivity (Wildman–Crippen MR) is 117 cm³/mol. The molecule has 2 aliphatic heterocycles. The van der Waals surface area contributed by atoms with E-state index in [2.05, 4.69) is 15.6 Å². The molecule has 0 saturated carbocycles. The Morgan fingerprint density at radius 3 is 2.76 bits per heavy atom. The average molecular weight is 452 g/mol. The number of anilines is 2. The van der Waals surface area contributed by atoms with Gasteiger partial charge in [0.25, 0.3) is 5.91 Å². The lowest BCUT2D eigenvalue weighted by atomic mass is 10.2. The fourth-order valence-corrected chi connectivity index (χ4v) is 7.16. The second kappa shape index (κ2) is 7.89. The first-order chi connectivity index (χ1) is 13.8. The highest BCUT2D eigenvalue weighted by Crippen LogP contribution is 2.34. The van der Waals surface area contributed by atoms with Gasteiger partial charge in [-0.05, 0) is 36.4 Å². The smallest absolute Gasteiger partial charge is 0.255 e. The van der Waals surface area contributed by atoms with Crippen molar-refractivity contribution in [2.45, 2.75) is 11.3 Å². The number of halogens is 1. The van der Waals surface area contributed by atoms with E-state index in [1.54, 1.807) is 36.4 Å². The van der Waals surface area contributed by atoms with Crippen molar-refractivity contribution < 1.29 is 17.9 Å². The third-order valence-electron chi connectivity index (χ3n) is 4.60. The van der Waals surface area contributed by atoms with E-state index >= 15 is 0 Å². The number of fused-ring (bicyclic) bond motifs is 1. The van der Waals surface area contributed by atoms with Crippen LogP contribution in [-0.2, 0) is 9.84 Å². The van der Waals surface area contributed by atoms with E-state index in [0.29, 0.717) is 32.9 Å². The van der Waals surface area contributed by atoms with E-state index in [4.69, 9.17) is 16.3 Å². The molecule has 1 saturated heterocycles. The number of amidine groups is 1. The number of nitrogens with one attached hydrogen (secondary N) is 2. The van der Waals surface area contributed by atoms with Crippen LogP contribution in [-0.4, -0.2) is 49.4 Å². The molecule has 7 nitrogen and oxygen atoms in total. The summed E-state index contributed by atoms with van der Waals surface area (Å²) in [6.07, 6.45) is 0. The van der Waals surface area contributed by atoms with Gasteiger partial charge in [0, 0.05) is 22.2 Å². The highest BCUT2D eigenvalue weighted by molar-refractivity contribution is 8.15. The number of carbonyl (C=O) groups is 1. The molecule has 10 heteroatoms. The lowest BCUT2D eigenvalue weighted by Crippen LogP contribution is -2.14. The average Bonchev–Trinajstić information content (AvgIpc) is 3.14. The number of methoxy groups -OCH3 is 1. The van der Waals surface area contributed by atoms with Crippen molar-refractivity contribution in [3.63, 3.8) is 0 Å². The summed E-state index contributed by atoms with van der Waals surface area (Å²) in [5.41, 5.74) is 1.73. The third kappa shape index (κ3) is 4.52. The molecule has 2 aromatic carbocycles. The molecule has 0 bridgehead atoms. The van der Waals surface area contributed by atoms with E-state index < -0.39 is 9.84 Å². The van der Waals surface area contributed by atoms with Gasteiger partial charge in [0.2, 0.25) is 0 Å². The number of aliphatic imine (C=N–C) groups is 1. The lowest BCUT2D eigenvalue weighted by Gasteiger charge is -2.10. The summed E-state index contributed by atoms with van der Waals surface area (Å²) >= 11 is 7.53. The Bertz CT molecular complexity index is 1100. The van der Waals surface area contributed by atoms with E-state index in [0.717, 1.165) is 0 Å². The maximum Gasteiger partial charge on any atom is 0.255 e. The summed E-state index contributed by atoms with van der Waals surface area (Å²) in [7, 11) is -1.46. The monoisotopic (exact) mass is 451 g/mol. The molecule has 2 N–H and O–H groups in total. The molecule has 29 heavy (non-hydrogen) atoms. The first kappa shape index (κ1) is 20.1. The van der Waals surface area contributed by atoms with Crippen LogP contribution in [0, 0.1) is 0 Å². The molecule has 152 valence electrons. The Hall–Kier alpha value is -2.23. The zero-order chi connectivity index (χ0) is 20.6. The number of benzene rings is 2. The molecule has 2 aromatic rings. The van der Waals surface area contributed by atoms with Gasteiger partial charge >= 0.3 is 0 Å². The topological polar surface area (TPSA) is 96.9 Å². The van der Waals surface area contributed by atoms with Gasteiger partial charge in [-0.25, -0.2) is 8.42 Å². The summed E-state index contributed by atoms with van der Waals surface area (Å²) in [5.74, 6) is 0.509. The Balaban J connectivity index is 1.44. The second-order valence-corrected chi connectivity index (χ2v) is 10.5. The number of thioether (sulfide) groups is 1. The fourth-order valence-electron chi connectivity index (χ4n) is 3.23. The number of rotatable bonds is 4. The number of ether oxygens (including phenoxy) is 1. The SMILES string of the molecule is COc1ccc(NC(=O)c2cccc(NC3=N[C@@H]4CS(=O)(=O)C[C@@H]4S3)c2)cc1Cl. The molecule has 2 aliphatic rings. The van der Waals surface area contributed by atoms with Crippen molar-refractivity contribution in [2.75, 3.05) is 29.2 Å². The number of nitrogens with zero attached hydrogens (tertiary/aromatic N) is 1. The van der Waals surface area contributed by atoms with Crippen LogP contribution in [0.2, 0.25) is 5.02 Å². The summed E-state index contributed by atoms with van der Waals surface area (Å²) in [6, 6.07) is 11.8. The van der Waals surface area contributed by atoms with Crippen molar-refractivity contribution >= 4 is 55.6 Å². The lowest BCUT2D eigenvalue weighted by molar-refractivity contribution is 0.102. The maximum atomic E-state index is 12.6. The number of amides is 1. The molecule has 0 unspecified atom stereocenters. The number of sulfone groups is 1. The van der Waals surface area contributed by atoms with Crippen LogP contribution in [0.5, 0.6) is 5.75 Å². The largest absolute Gasteiger partial charge is 0.495 e. The second-order valence-electron chi connectivity index (χ2n) is 6.74. The van der Waals surface area contributed by atoms with Crippen LogP contribution in [0.15, 0.2) is 47.5 Å². The zero-order valence-electron chi connectivity index (χ0n) is 15.4. The van der Waals surface area contributed by atoms with Crippen LogP contribution >= 0.6 is 23.4 Å². The zero-order valence-corrected chi connectivity index (χ0v) is 17.8. The van der Waals surface area contributed by atoms with E-state index in [1.807, 2.05) is 6.07 Å². The maximum absolute atomic E-state index is 12.6. The summed E-state index contributed by atoms with van der Waals surface area (Å²) in [5, 5.41) is 7.03. The molecule has 0 aromatic heterocycles. The van der Waals surface area contributed by atoms with E-state index in [-0.39, 0.29) is 28.7 Å². The first-order valence-electron chi connectivity index (χ1n) is 8.80. The predicted octanol–water partition coefficient (Wildman–Crippen LogP) is 3.28. The summed E-state index contributed by atoms with van der Waals surface area (Å²) in [6.45, 7) is 0. The number of hydrogen-bond donors (Lipinski definition) is 2. The molecule has 0 radical (unpaired) electrons. The Morgan fingerprint density at radius 1 is 1.21 bits per heavy atom. The minimum Gasteiger partial charge on any atom is -0.495 e. The van der Waals surface area contributed by atoms with Gasteiger partial charge in [-0.3, -0.25) is 9.79 Å². The van der Waals surface area contributed by atoms with Crippen LogP contribution in [0.4, 0.5) is 11.4 Å². The number of hydrogen-bond acceptors (Lipinski definition) is 7. The molecule has 0 aliphatic carbocycles. The van der Waals surface area contributed by atoms with Crippen molar-refractivity contribution in [2.24, 2.45) is 4.99 Å². The van der Waals surface area contributed by atoms with Crippen LogP contribution in [0.3, 0.4) is 0 Å². The first-order valence-corrected chi connectivity index (χ1v) is 11.9. The van der Waals surface area contributed by atoms with Crippen molar-refractivity contribution in [1.29, 1.82) is 0 Å². The Labute approximate surface area is 177 Å². The molecular weight excluding hydrogens is 434 g/mol. The number of carbonyl (C=O) groups excluding carboxylic acids is 1. The molecule has 2 atom stereocenters. The molecule has 1 fully saturated rings. The highest BCUT2D eigenvalue weighted by atomic mass is 35.5. The molecule has 2 heterocycles. The Morgan fingerprint density at radius 2 is 2.03 bits per heavy atom. The minimum absolute atomic E-state index is 0.0335. The van der Waals surface area contributed by atoms with Gasteiger partial charge in [-0.1, -0.05) is 29.4 Å². The van der Waals surface area contributed by atoms with Crippen molar-refractivity contribution in [3.05, 3.63) is 53.1 Å². The molecule has 1 amide bonds. The summed E-state index contributed by atoms with van der Waals surface area (Å²) < 4.78 is 28.5. The molecule has 4 rings (SSSR count).